The molecule has 2 rings (SSSR count). The number of carboxylic acids is 1. The Morgan fingerprint density at radius 3 is 3.19 bits per heavy atom. The van der Waals surface area contributed by atoms with Crippen molar-refractivity contribution in [1.29, 1.82) is 0 Å². The Labute approximate surface area is 92.9 Å². The Morgan fingerprint density at radius 1 is 1.62 bits per heavy atom. The molecule has 16 heavy (non-hydrogen) atoms. The summed E-state index contributed by atoms with van der Waals surface area (Å²) in [5.74, 6) is -0.123. The molecule has 0 radical (unpaired) electrons. The molecule has 0 unspecified atom stereocenters. The first-order valence-electron chi connectivity index (χ1n) is 5.10. The van der Waals surface area contributed by atoms with Crippen LogP contribution in [0.4, 0.5) is 5.82 Å². The zero-order chi connectivity index (χ0) is 11.4. The molecule has 1 N–H and O–H groups in total. The quantitative estimate of drug-likeness (QED) is 0.783. The fraction of sp³-hybridized carbons (Fsp3) is 0.500. The summed E-state index contributed by atoms with van der Waals surface area (Å²) >= 11 is 0. The predicted octanol–water partition coefficient (Wildman–Crippen LogP) is 0.156. The molecule has 1 atom stereocenters. The third-order valence-electron chi connectivity index (χ3n) is 2.46. The molecule has 6 heteroatoms. The van der Waals surface area contributed by atoms with Crippen LogP contribution in [0.1, 0.15) is 6.42 Å². The van der Waals surface area contributed by atoms with Gasteiger partial charge in [0.25, 0.3) is 0 Å². The summed E-state index contributed by atoms with van der Waals surface area (Å²) in [7, 11) is 0. The van der Waals surface area contributed by atoms with Gasteiger partial charge in [0.05, 0.1) is 12.3 Å². The highest BCUT2D eigenvalue weighted by Gasteiger charge is 2.24. The summed E-state index contributed by atoms with van der Waals surface area (Å²) < 4.78 is 5.23. The maximum absolute atomic E-state index is 10.3. The largest absolute Gasteiger partial charge is 0.480 e. The number of aliphatic carboxylic acids is 1. The second-order valence-electron chi connectivity index (χ2n) is 3.63. The molecule has 86 valence electrons. The molecule has 0 saturated carbocycles. The lowest BCUT2D eigenvalue weighted by atomic mass is 10.3. The van der Waals surface area contributed by atoms with Crippen LogP contribution < -0.4 is 4.90 Å². The summed E-state index contributed by atoms with van der Waals surface area (Å²) in [6, 6.07) is 0. The van der Waals surface area contributed by atoms with Gasteiger partial charge >= 0.3 is 5.97 Å². The first-order chi connectivity index (χ1) is 7.75. The first kappa shape index (κ1) is 10.8. The van der Waals surface area contributed by atoms with Gasteiger partial charge in [-0.15, -0.1) is 0 Å². The fourth-order valence-corrected chi connectivity index (χ4v) is 1.72. The van der Waals surface area contributed by atoms with Crippen molar-refractivity contribution in [3.63, 3.8) is 0 Å². The SMILES string of the molecule is O=C(O)CO[C@H]1CCN(c2cnccn2)C1. The molecule has 1 aromatic rings. The lowest BCUT2D eigenvalue weighted by Crippen LogP contribution is -2.25. The second-order valence-corrected chi connectivity index (χ2v) is 3.63. The van der Waals surface area contributed by atoms with Gasteiger partial charge < -0.3 is 14.7 Å². The number of anilines is 1. The number of hydrogen-bond donors (Lipinski definition) is 1. The van der Waals surface area contributed by atoms with Gasteiger partial charge in [-0.25, -0.2) is 9.78 Å². The lowest BCUT2D eigenvalue weighted by Gasteiger charge is -2.16. The molecule has 1 aliphatic heterocycles. The van der Waals surface area contributed by atoms with Crippen molar-refractivity contribution in [2.45, 2.75) is 12.5 Å². The highest BCUT2D eigenvalue weighted by atomic mass is 16.5. The van der Waals surface area contributed by atoms with Crippen molar-refractivity contribution in [1.82, 2.24) is 9.97 Å². The van der Waals surface area contributed by atoms with E-state index >= 15 is 0 Å². The van der Waals surface area contributed by atoms with Gasteiger partial charge in [-0.05, 0) is 6.42 Å². The number of hydrogen-bond acceptors (Lipinski definition) is 5. The molecule has 1 saturated heterocycles. The van der Waals surface area contributed by atoms with Crippen LogP contribution in [0.15, 0.2) is 18.6 Å². The Morgan fingerprint density at radius 2 is 2.50 bits per heavy atom. The molecule has 1 aromatic heterocycles. The van der Waals surface area contributed by atoms with E-state index in [9.17, 15) is 4.79 Å². The molecule has 0 spiro atoms. The Bertz CT molecular complexity index is 358. The van der Waals surface area contributed by atoms with E-state index in [2.05, 4.69) is 9.97 Å². The summed E-state index contributed by atoms with van der Waals surface area (Å²) in [6.07, 6.45) is 5.75. The predicted molar refractivity (Wildman–Crippen MR) is 56.2 cm³/mol. The summed E-state index contributed by atoms with van der Waals surface area (Å²) in [6.45, 7) is 1.26. The fourth-order valence-electron chi connectivity index (χ4n) is 1.72. The van der Waals surface area contributed by atoms with E-state index in [1.807, 2.05) is 4.90 Å². The van der Waals surface area contributed by atoms with Gasteiger partial charge in [0.1, 0.15) is 12.4 Å². The topological polar surface area (TPSA) is 75.6 Å². The smallest absolute Gasteiger partial charge is 0.329 e. The van der Waals surface area contributed by atoms with Gasteiger partial charge in [-0.2, -0.15) is 0 Å². The van der Waals surface area contributed by atoms with E-state index in [0.29, 0.717) is 6.54 Å². The van der Waals surface area contributed by atoms with E-state index in [4.69, 9.17) is 9.84 Å². The molecule has 6 nitrogen and oxygen atoms in total. The molecule has 0 bridgehead atoms. The average Bonchev–Trinajstić information content (AvgIpc) is 2.76. The minimum atomic E-state index is -0.932. The van der Waals surface area contributed by atoms with Crippen LogP contribution in [-0.4, -0.2) is 46.8 Å². The molecule has 1 aliphatic rings. The van der Waals surface area contributed by atoms with E-state index in [-0.39, 0.29) is 12.7 Å². The van der Waals surface area contributed by atoms with Crippen molar-refractivity contribution in [3.8, 4) is 0 Å². The molecule has 0 aromatic carbocycles. The Kier molecular flexibility index (Phi) is 3.31. The van der Waals surface area contributed by atoms with Crippen LogP contribution in [0.2, 0.25) is 0 Å². The van der Waals surface area contributed by atoms with Crippen molar-refractivity contribution >= 4 is 11.8 Å². The van der Waals surface area contributed by atoms with Crippen molar-refractivity contribution in [2.24, 2.45) is 0 Å². The minimum absolute atomic E-state index is 0.0295. The average molecular weight is 223 g/mol. The molecule has 0 amide bonds. The normalized spacial score (nSPS) is 20.0. The van der Waals surface area contributed by atoms with Crippen LogP contribution in [0, 0.1) is 0 Å². The molecule has 0 aliphatic carbocycles. The third-order valence-corrected chi connectivity index (χ3v) is 2.46. The van der Waals surface area contributed by atoms with Gasteiger partial charge in [-0.3, -0.25) is 4.98 Å². The lowest BCUT2D eigenvalue weighted by molar-refractivity contribution is -0.143. The summed E-state index contributed by atoms with van der Waals surface area (Å²) in [5, 5.41) is 8.50. The number of carboxylic acid groups (broad SMARTS) is 1. The van der Waals surface area contributed by atoms with E-state index < -0.39 is 5.97 Å². The highest BCUT2D eigenvalue weighted by molar-refractivity contribution is 5.68. The van der Waals surface area contributed by atoms with Gasteiger partial charge in [0, 0.05) is 25.5 Å². The third kappa shape index (κ3) is 2.66. The van der Waals surface area contributed by atoms with Gasteiger partial charge in [0.15, 0.2) is 0 Å². The van der Waals surface area contributed by atoms with Crippen molar-refractivity contribution in [2.75, 3.05) is 24.6 Å². The van der Waals surface area contributed by atoms with Gasteiger partial charge in [0.2, 0.25) is 0 Å². The summed E-state index contributed by atoms with van der Waals surface area (Å²) in [4.78, 5) is 20.6. The summed E-state index contributed by atoms with van der Waals surface area (Å²) in [5.41, 5.74) is 0. The van der Waals surface area contributed by atoms with Crippen LogP contribution in [-0.2, 0) is 9.53 Å². The van der Waals surface area contributed by atoms with Crippen molar-refractivity contribution in [3.05, 3.63) is 18.6 Å². The number of ether oxygens (including phenoxy) is 1. The maximum Gasteiger partial charge on any atom is 0.329 e. The molecule has 2 heterocycles. The van der Waals surface area contributed by atoms with Crippen molar-refractivity contribution < 1.29 is 14.6 Å². The standard InChI is InChI=1S/C10H13N3O3/c14-10(15)7-16-8-1-4-13(6-8)9-5-11-2-3-12-9/h2-3,5,8H,1,4,6-7H2,(H,14,15)/t8-/m0/s1. The van der Waals surface area contributed by atoms with Crippen LogP contribution in [0.25, 0.3) is 0 Å². The molecular formula is C10H13N3O3. The second kappa shape index (κ2) is 4.89. The highest BCUT2D eigenvalue weighted by Crippen LogP contribution is 2.18. The number of aromatic nitrogens is 2. The monoisotopic (exact) mass is 223 g/mol. The maximum atomic E-state index is 10.3. The van der Waals surface area contributed by atoms with Crippen LogP contribution in [0.3, 0.4) is 0 Å². The minimum Gasteiger partial charge on any atom is -0.480 e. The number of carbonyl (C=O) groups is 1. The van der Waals surface area contributed by atoms with Gasteiger partial charge in [-0.1, -0.05) is 0 Å². The number of rotatable bonds is 4. The number of nitrogens with zero attached hydrogens (tertiary/aromatic N) is 3. The first-order valence-corrected chi connectivity index (χ1v) is 5.10. The molecule has 1 fully saturated rings. The zero-order valence-electron chi connectivity index (χ0n) is 8.74. The Balaban J connectivity index is 1.86. The molecular weight excluding hydrogens is 210 g/mol. The van der Waals surface area contributed by atoms with E-state index in [1.165, 1.54) is 0 Å². The van der Waals surface area contributed by atoms with Crippen LogP contribution in [0.5, 0.6) is 0 Å². The van der Waals surface area contributed by atoms with Crippen LogP contribution >= 0.6 is 0 Å². The Hall–Kier alpha value is -1.69. The van der Waals surface area contributed by atoms with E-state index in [0.717, 1.165) is 18.8 Å². The zero-order valence-corrected chi connectivity index (χ0v) is 8.74. The van der Waals surface area contributed by atoms with E-state index in [1.54, 1.807) is 18.6 Å².